The van der Waals surface area contributed by atoms with Crippen LogP contribution in [-0.4, -0.2) is 87.9 Å². The van der Waals surface area contributed by atoms with Crippen molar-refractivity contribution in [3.8, 4) is 0 Å². The number of carbonyl (C=O) groups is 4. The van der Waals surface area contributed by atoms with E-state index in [-0.39, 0.29) is 11.5 Å². The lowest BCUT2D eigenvalue weighted by atomic mass is 10.2. The highest BCUT2D eigenvalue weighted by molar-refractivity contribution is 7.80. The van der Waals surface area contributed by atoms with Gasteiger partial charge >= 0.3 is 5.97 Å². The van der Waals surface area contributed by atoms with Crippen molar-refractivity contribution in [2.45, 2.75) is 24.2 Å². The summed E-state index contributed by atoms with van der Waals surface area (Å²) in [4.78, 5) is 46.5. The number of carbonyl (C=O) groups excluding carboxylic acids is 3. The van der Waals surface area contributed by atoms with Gasteiger partial charge in [0.15, 0.2) is 0 Å². The number of carboxylic acid groups (broad SMARTS) is 1. The van der Waals surface area contributed by atoms with Crippen molar-refractivity contribution >= 4 is 48.9 Å². The zero-order valence-corrected chi connectivity index (χ0v) is 14.9. The molecule has 4 atom stereocenters. The lowest BCUT2D eigenvalue weighted by Gasteiger charge is -2.22. The Morgan fingerprint density at radius 2 is 1.24 bits per heavy atom. The summed E-state index contributed by atoms with van der Waals surface area (Å²) in [6.45, 7) is -1.44. The summed E-state index contributed by atoms with van der Waals surface area (Å²) in [5, 5.41) is 33.4. The topological polar surface area (TPSA) is 191 Å². The normalized spacial score (nSPS) is 15.4. The highest BCUT2D eigenvalue weighted by atomic mass is 32.1. The summed E-state index contributed by atoms with van der Waals surface area (Å²) in [7, 11) is 0. The monoisotopic (exact) mass is 398 g/mol. The van der Waals surface area contributed by atoms with Gasteiger partial charge in [0.1, 0.15) is 24.2 Å². The molecule has 144 valence electrons. The van der Waals surface area contributed by atoms with Crippen LogP contribution in [0.5, 0.6) is 0 Å². The van der Waals surface area contributed by atoms with Crippen molar-refractivity contribution in [1.82, 2.24) is 16.0 Å². The minimum Gasteiger partial charge on any atom is -0.480 e. The maximum Gasteiger partial charge on any atom is 0.327 e. The summed E-state index contributed by atoms with van der Waals surface area (Å²) in [6, 6.07) is -5.17. The van der Waals surface area contributed by atoms with Crippen LogP contribution in [0.4, 0.5) is 0 Å². The number of nitrogens with two attached hydrogens (primary N) is 1. The maximum absolute atomic E-state index is 12.1. The molecule has 0 aromatic rings. The van der Waals surface area contributed by atoms with Crippen LogP contribution in [0.2, 0.25) is 0 Å². The predicted molar refractivity (Wildman–Crippen MR) is 93.3 cm³/mol. The Morgan fingerprint density at radius 3 is 1.64 bits per heavy atom. The van der Waals surface area contributed by atoms with Crippen LogP contribution < -0.4 is 21.7 Å². The second-order valence-electron chi connectivity index (χ2n) is 4.86. The predicted octanol–water partition coefficient (Wildman–Crippen LogP) is -4.30. The Balaban J connectivity index is 4.86. The van der Waals surface area contributed by atoms with Crippen LogP contribution >= 0.6 is 25.3 Å². The second kappa shape index (κ2) is 11.9. The minimum atomic E-state index is -1.44. The molecule has 0 aromatic heterocycles. The Bertz CT molecular complexity index is 494. The molecule has 3 amide bonds. The van der Waals surface area contributed by atoms with Gasteiger partial charge in [-0.1, -0.05) is 0 Å². The minimum absolute atomic E-state index is 0.149. The van der Waals surface area contributed by atoms with Crippen molar-refractivity contribution in [2.75, 3.05) is 24.7 Å². The number of carboxylic acids is 1. The molecule has 0 fully saturated rings. The van der Waals surface area contributed by atoms with Crippen LogP contribution in [0.3, 0.4) is 0 Å². The third-order valence-electron chi connectivity index (χ3n) is 2.96. The van der Waals surface area contributed by atoms with Crippen LogP contribution in [0.25, 0.3) is 0 Å². The fourth-order valence-corrected chi connectivity index (χ4v) is 1.98. The molecule has 0 heterocycles. The first kappa shape index (κ1) is 23.5. The smallest absolute Gasteiger partial charge is 0.327 e. The molecule has 4 unspecified atom stereocenters. The van der Waals surface area contributed by atoms with Crippen LogP contribution in [0, 0.1) is 0 Å². The Kier molecular flexibility index (Phi) is 11.2. The Labute approximate surface area is 154 Å². The fourth-order valence-electron chi connectivity index (χ4n) is 1.48. The van der Waals surface area contributed by atoms with E-state index < -0.39 is 61.1 Å². The van der Waals surface area contributed by atoms with E-state index in [9.17, 15) is 24.3 Å². The standard InChI is InChI=1S/C12H22N4O7S2/c13-5(1-17)9(19)15-7(3-24)11(21)14-6(2-18)10(20)16-8(4-25)12(22)23/h5-8,17-18,24-25H,1-4,13H2,(H,14,21)(H,15,19)(H,16,20)(H,22,23). The molecule has 0 saturated heterocycles. The summed E-state index contributed by atoms with van der Waals surface area (Å²) >= 11 is 7.67. The number of aliphatic hydroxyl groups is 2. The van der Waals surface area contributed by atoms with Gasteiger partial charge in [0, 0.05) is 11.5 Å². The largest absolute Gasteiger partial charge is 0.480 e. The van der Waals surface area contributed by atoms with E-state index in [4.69, 9.17) is 15.9 Å². The van der Waals surface area contributed by atoms with Crippen molar-refractivity contribution in [2.24, 2.45) is 5.73 Å². The van der Waals surface area contributed by atoms with Crippen molar-refractivity contribution in [3.05, 3.63) is 0 Å². The zero-order chi connectivity index (χ0) is 19.6. The number of nitrogens with one attached hydrogen (secondary N) is 3. The molecule has 13 heteroatoms. The SMILES string of the molecule is NC(CO)C(=O)NC(CS)C(=O)NC(CO)C(=O)NC(CS)C(=O)O. The lowest BCUT2D eigenvalue weighted by molar-refractivity contribution is -0.141. The third-order valence-corrected chi connectivity index (χ3v) is 3.69. The summed E-state index contributed by atoms with van der Waals surface area (Å²) in [5.41, 5.74) is 5.31. The van der Waals surface area contributed by atoms with Crippen LogP contribution in [-0.2, 0) is 19.2 Å². The van der Waals surface area contributed by atoms with E-state index in [1.807, 2.05) is 0 Å². The van der Waals surface area contributed by atoms with Gasteiger partial charge in [-0.15, -0.1) is 0 Å². The first-order valence-corrected chi connectivity index (χ1v) is 8.31. The van der Waals surface area contributed by atoms with E-state index in [0.717, 1.165) is 0 Å². The first-order chi connectivity index (χ1) is 11.7. The molecule has 0 bridgehead atoms. The molecule has 0 aliphatic carbocycles. The quantitative estimate of drug-likeness (QED) is 0.156. The van der Waals surface area contributed by atoms with Crippen LogP contribution in [0.15, 0.2) is 0 Å². The Hall–Kier alpha value is -1.54. The summed E-state index contributed by atoms with van der Waals surface area (Å²) in [6.07, 6.45) is 0. The molecule has 0 radical (unpaired) electrons. The van der Waals surface area contributed by atoms with Crippen molar-refractivity contribution in [3.63, 3.8) is 0 Å². The number of aliphatic carboxylic acids is 1. The number of thiol groups is 2. The van der Waals surface area contributed by atoms with Gasteiger partial charge in [-0.2, -0.15) is 25.3 Å². The van der Waals surface area contributed by atoms with Gasteiger partial charge in [0.2, 0.25) is 17.7 Å². The molecule has 0 rings (SSSR count). The number of rotatable bonds is 11. The molecule has 0 aliphatic heterocycles. The number of hydrogen-bond acceptors (Lipinski definition) is 9. The molecule has 0 spiro atoms. The zero-order valence-electron chi connectivity index (χ0n) is 13.1. The van der Waals surface area contributed by atoms with E-state index in [2.05, 4.69) is 41.2 Å². The summed E-state index contributed by atoms with van der Waals surface area (Å²) in [5.74, 6) is -4.26. The van der Waals surface area contributed by atoms with Gasteiger partial charge in [0.25, 0.3) is 0 Å². The van der Waals surface area contributed by atoms with Crippen molar-refractivity contribution in [1.29, 1.82) is 0 Å². The molecule has 11 nitrogen and oxygen atoms in total. The van der Waals surface area contributed by atoms with E-state index in [0.29, 0.717) is 0 Å². The van der Waals surface area contributed by atoms with E-state index in [1.165, 1.54) is 0 Å². The van der Waals surface area contributed by atoms with Gasteiger partial charge in [-0.3, -0.25) is 14.4 Å². The van der Waals surface area contributed by atoms with E-state index >= 15 is 0 Å². The first-order valence-electron chi connectivity index (χ1n) is 7.04. The molecule has 8 N–H and O–H groups in total. The number of amides is 3. The summed E-state index contributed by atoms with van der Waals surface area (Å²) < 4.78 is 0. The van der Waals surface area contributed by atoms with Gasteiger partial charge < -0.3 is 37.0 Å². The highest BCUT2D eigenvalue weighted by Crippen LogP contribution is 1.95. The number of aliphatic hydroxyl groups excluding tert-OH is 2. The molecule has 0 aliphatic rings. The van der Waals surface area contributed by atoms with Gasteiger partial charge in [-0.25, -0.2) is 4.79 Å². The molecular weight excluding hydrogens is 376 g/mol. The average Bonchev–Trinajstić information content (AvgIpc) is 2.59. The Morgan fingerprint density at radius 1 is 0.800 bits per heavy atom. The highest BCUT2D eigenvalue weighted by Gasteiger charge is 2.28. The third kappa shape index (κ3) is 7.92. The molecule has 25 heavy (non-hydrogen) atoms. The van der Waals surface area contributed by atoms with Crippen LogP contribution in [0.1, 0.15) is 0 Å². The van der Waals surface area contributed by atoms with Crippen molar-refractivity contribution < 1.29 is 34.5 Å². The maximum atomic E-state index is 12.1. The molecule has 0 aromatic carbocycles. The lowest BCUT2D eigenvalue weighted by Crippen LogP contribution is -2.59. The molecule has 0 saturated carbocycles. The van der Waals surface area contributed by atoms with Gasteiger partial charge in [0.05, 0.1) is 13.2 Å². The fraction of sp³-hybridized carbons (Fsp3) is 0.667. The second-order valence-corrected chi connectivity index (χ2v) is 5.59. The molecular formula is C12H22N4O7S2. The van der Waals surface area contributed by atoms with Gasteiger partial charge in [-0.05, 0) is 0 Å². The average molecular weight is 398 g/mol. The number of hydrogen-bond donors (Lipinski definition) is 9. The van der Waals surface area contributed by atoms with E-state index in [1.54, 1.807) is 0 Å².